The highest BCUT2D eigenvalue weighted by Gasteiger charge is 2.31. The number of rotatable bonds is 5. The minimum Gasteiger partial charge on any atom is -0.489 e. The average molecular weight is 325 g/mol. The molecule has 0 spiro atoms. The largest absolute Gasteiger partial charge is 0.573 e. The van der Waals surface area contributed by atoms with Crippen LogP contribution in [0.5, 0.6) is 11.5 Å². The normalized spacial score (nSPS) is 11.2. The van der Waals surface area contributed by atoms with Crippen LogP contribution in [0, 0.1) is 0 Å². The first kappa shape index (κ1) is 14.9. The van der Waals surface area contributed by atoms with Gasteiger partial charge in [-0.25, -0.2) is 0 Å². The van der Waals surface area contributed by atoms with Crippen molar-refractivity contribution in [3.63, 3.8) is 0 Å². The van der Waals surface area contributed by atoms with Crippen LogP contribution in [0.25, 0.3) is 0 Å². The summed E-state index contributed by atoms with van der Waals surface area (Å²) < 4.78 is 45.5. The maximum atomic E-state index is 12.0. The van der Waals surface area contributed by atoms with Gasteiger partial charge in [0.15, 0.2) is 0 Å². The van der Waals surface area contributed by atoms with E-state index in [0.717, 1.165) is 12.0 Å². The second kappa shape index (κ2) is 6.13. The van der Waals surface area contributed by atoms with Gasteiger partial charge in [-0.15, -0.1) is 13.2 Å². The molecule has 0 radical (unpaired) electrons. The van der Waals surface area contributed by atoms with E-state index in [1.54, 1.807) is 0 Å². The molecule has 0 heterocycles. The van der Waals surface area contributed by atoms with E-state index in [4.69, 9.17) is 4.74 Å². The molecule has 0 aliphatic rings. The van der Waals surface area contributed by atoms with Gasteiger partial charge in [-0.2, -0.15) is 0 Å². The number of benzene rings is 1. The van der Waals surface area contributed by atoms with Crippen LogP contribution in [-0.4, -0.2) is 13.0 Å². The number of hydrogen-bond donors (Lipinski definition) is 0. The van der Waals surface area contributed by atoms with E-state index in [1.165, 1.54) is 18.2 Å². The van der Waals surface area contributed by atoms with E-state index in [1.807, 2.05) is 6.92 Å². The molecule has 0 fully saturated rings. The Morgan fingerprint density at radius 1 is 1.39 bits per heavy atom. The fourth-order valence-electron chi connectivity index (χ4n) is 1.07. The highest BCUT2D eigenvalue weighted by Crippen LogP contribution is 2.33. The van der Waals surface area contributed by atoms with E-state index in [-0.39, 0.29) is 10.2 Å². The molecule has 0 aromatic heterocycles. The SMILES string of the molecule is C=C(CC)COc1ccc(OC(F)(F)F)c(Br)c1. The van der Waals surface area contributed by atoms with Gasteiger partial charge in [0.2, 0.25) is 0 Å². The Morgan fingerprint density at radius 3 is 2.56 bits per heavy atom. The molecule has 0 atom stereocenters. The molecule has 0 amide bonds. The molecule has 18 heavy (non-hydrogen) atoms. The lowest BCUT2D eigenvalue weighted by atomic mass is 10.2. The Bertz CT molecular complexity index is 430. The maximum absolute atomic E-state index is 12.0. The van der Waals surface area contributed by atoms with Gasteiger partial charge in [0, 0.05) is 0 Å². The van der Waals surface area contributed by atoms with Crippen LogP contribution in [-0.2, 0) is 0 Å². The molecule has 0 saturated carbocycles. The molecule has 0 N–H and O–H groups in total. The van der Waals surface area contributed by atoms with Gasteiger partial charge in [0.05, 0.1) is 4.47 Å². The fraction of sp³-hybridized carbons (Fsp3) is 0.333. The molecular formula is C12H12BrF3O2. The minimum absolute atomic E-state index is 0.180. The molecule has 0 saturated heterocycles. The molecule has 0 aliphatic heterocycles. The first-order valence-corrected chi connectivity index (χ1v) is 5.96. The molecule has 0 bridgehead atoms. The summed E-state index contributed by atoms with van der Waals surface area (Å²) in [5, 5.41) is 0. The van der Waals surface area contributed by atoms with Crippen molar-refractivity contribution < 1.29 is 22.6 Å². The average Bonchev–Trinajstić information content (AvgIpc) is 2.27. The van der Waals surface area contributed by atoms with Crippen LogP contribution in [0.1, 0.15) is 13.3 Å². The van der Waals surface area contributed by atoms with Crippen molar-refractivity contribution in [1.82, 2.24) is 0 Å². The summed E-state index contributed by atoms with van der Waals surface area (Å²) in [5.74, 6) is 0.148. The molecule has 100 valence electrons. The van der Waals surface area contributed by atoms with Crippen LogP contribution < -0.4 is 9.47 Å². The fourth-order valence-corrected chi connectivity index (χ4v) is 1.50. The molecule has 1 aromatic rings. The second-order valence-electron chi connectivity index (χ2n) is 3.53. The summed E-state index contributed by atoms with van der Waals surface area (Å²) in [6.07, 6.45) is -3.92. The predicted molar refractivity (Wildman–Crippen MR) is 65.8 cm³/mol. The first-order chi connectivity index (χ1) is 8.31. The quantitative estimate of drug-likeness (QED) is 0.731. The smallest absolute Gasteiger partial charge is 0.489 e. The maximum Gasteiger partial charge on any atom is 0.573 e. The Hall–Kier alpha value is -1.17. The summed E-state index contributed by atoms with van der Waals surface area (Å²) in [6.45, 7) is 6.05. The summed E-state index contributed by atoms with van der Waals surface area (Å²) in [4.78, 5) is 0. The third-order valence-electron chi connectivity index (χ3n) is 2.07. The van der Waals surface area contributed by atoms with Gasteiger partial charge in [-0.05, 0) is 46.1 Å². The second-order valence-corrected chi connectivity index (χ2v) is 4.39. The topological polar surface area (TPSA) is 18.5 Å². The van der Waals surface area contributed by atoms with Gasteiger partial charge in [0.1, 0.15) is 18.1 Å². The molecule has 1 rings (SSSR count). The van der Waals surface area contributed by atoms with Crippen LogP contribution in [0.2, 0.25) is 0 Å². The Balaban J connectivity index is 2.70. The van der Waals surface area contributed by atoms with Crippen molar-refractivity contribution in [1.29, 1.82) is 0 Å². The standard InChI is InChI=1S/C12H12BrF3O2/c1-3-8(2)7-17-9-4-5-11(10(13)6-9)18-12(14,15)16/h4-6H,2-3,7H2,1H3. The summed E-state index contributed by atoms with van der Waals surface area (Å²) in [6, 6.07) is 4.03. The van der Waals surface area contributed by atoms with Gasteiger partial charge in [-0.1, -0.05) is 13.5 Å². The zero-order valence-corrected chi connectivity index (χ0v) is 11.3. The Kier molecular flexibility index (Phi) is 5.07. The zero-order chi connectivity index (χ0) is 13.8. The summed E-state index contributed by atoms with van der Waals surface area (Å²) in [5.41, 5.74) is 0.904. The summed E-state index contributed by atoms with van der Waals surface area (Å²) in [7, 11) is 0. The van der Waals surface area contributed by atoms with Crippen molar-refractivity contribution in [2.24, 2.45) is 0 Å². The summed E-state index contributed by atoms with van der Waals surface area (Å²) >= 11 is 3.00. The molecule has 6 heteroatoms. The van der Waals surface area contributed by atoms with Gasteiger partial charge in [-0.3, -0.25) is 0 Å². The number of hydrogen-bond acceptors (Lipinski definition) is 2. The van der Waals surface area contributed by atoms with Crippen molar-refractivity contribution in [3.05, 3.63) is 34.8 Å². The van der Waals surface area contributed by atoms with E-state index in [0.29, 0.717) is 12.4 Å². The Labute approximate surface area is 112 Å². The number of alkyl halides is 3. The molecule has 2 nitrogen and oxygen atoms in total. The van der Waals surface area contributed by atoms with E-state index >= 15 is 0 Å². The number of ether oxygens (including phenoxy) is 2. The van der Waals surface area contributed by atoms with Crippen LogP contribution >= 0.6 is 15.9 Å². The predicted octanol–water partition coefficient (Wildman–Crippen LogP) is 4.69. The van der Waals surface area contributed by atoms with Crippen molar-refractivity contribution >= 4 is 15.9 Å². The zero-order valence-electron chi connectivity index (χ0n) is 9.68. The highest BCUT2D eigenvalue weighted by atomic mass is 79.9. The first-order valence-electron chi connectivity index (χ1n) is 5.16. The lowest BCUT2D eigenvalue weighted by Crippen LogP contribution is -2.17. The third kappa shape index (κ3) is 5.00. The van der Waals surface area contributed by atoms with Crippen molar-refractivity contribution in [2.45, 2.75) is 19.7 Å². The Morgan fingerprint density at radius 2 is 2.06 bits per heavy atom. The number of halogens is 4. The lowest BCUT2D eigenvalue weighted by molar-refractivity contribution is -0.274. The van der Waals surface area contributed by atoms with E-state index in [9.17, 15) is 13.2 Å². The van der Waals surface area contributed by atoms with E-state index in [2.05, 4.69) is 27.2 Å². The van der Waals surface area contributed by atoms with Crippen LogP contribution in [0.15, 0.2) is 34.8 Å². The van der Waals surface area contributed by atoms with Gasteiger partial charge >= 0.3 is 6.36 Å². The van der Waals surface area contributed by atoms with Crippen LogP contribution in [0.4, 0.5) is 13.2 Å². The molecule has 0 aliphatic carbocycles. The minimum atomic E-state index is -4.71. The van der Waals surface area contributed by atoms with Crippen molar-refractivity contribution in [3.8, 4) is 11.5 Å². The molecule has 1 aromatic carbocycles. The van der Waals surface area contributed by atoms with Crippen molar-refractivity contribution in [2.75, 3.05) is 6.61 Å². The van der Waals surface area contributed by atoms with Gasteiger partial charge in [0.25, 0.3) is 0 Å². The van der Waals surface area contributed by atoms with E-state index < -0.39 is 6.36 Å². The van der Waals surface area contributed by atoms with Crippen LogP contribution in [0.3, 0.4) is 0 Å². The van der Waals surface area contributed by atoms with Gasteiger partial charge < -0.3 is 9.47 Å². The lowest BCUT2D eigenvalue weighted by Gasteiger charge is -2.12. The monoisotopic (exact) mass is 324 g/mol. The molecule has 0 unspecified atom stereocenters. The highest BCUT2D eigenvalue weighted by molar-refractivity contribution is 9.10. The third-order valence-corrected chi connectivity index (χ3v) is 2.69. The molecular weight excluding hydrogens is 313 g/mol.